The Bertz CT molecular complexity index is 2890. The molecular weight excluding hydrogens is 910 g/mol. The zero-order chi connectivity index (χ0) is 49.4. The van der Waals surface area contributed by atoms with Gasteiger partial charge in [-0.2, -0.15) is 0 Å². The van der Waals surface area contributed by atoms with Crippen molar-refractivity contribution in [1.29, 1.82) is 0 Å². The van der Waals surface area contributed by atoms with Crippen LogP contribution in [0.1, 0.15) is 99.5 Å². The van der Waals surface area contributed by atoms with Crippen molar-refractivity contribution < 1.29 is 67.6 Å². The summed E-state index contributed by atoms with van der Waals surface area (Å²) in [6.07, 6.45) is 8.50. The molecule has 0 saturated heterocycles. The van der Waals surface area contributed by atoms with Gasteiger partial charge in [0.15, 0.2) is 23.1 Å². The van der Waals surface area contributed by atoms with Gasteiger partial charge in [-0.1, -0.05) is 43.0 Å². The van der Waals surface area contributed by atoms with E-state index >= 15 is 0 Å². The van der Waals surface area contributed by atoms with E-state index in [4.69, 9.17) is 19.1 Å². The van der Waals surface area contributed by atoms with Crippen molar-refractivity contribution in [3.63, 3.8) is 0 Å². The molecule has 9 rings (SSSR count). The van der Waals surface area contributed by atoms with Gasteiger partial charge < -0.3 is 39.2 Å². The van der Waals surface area contributed by atoms with E-state index in [9.17, 15) is 48.5 Å². The topological polar surface area (TPSA) is 253 Å². The average molecular weight is 953 g/mol. The molecule has 21 heteroatoms. The number of carboxylic acids is 1. The molecule has 0 unspecified atom stereocenters. The highest BCUT2D eigenvalue weighted by Gasteiger charge is 2.40. The van der Waals surface area contributed by atoms with Crippen LogP contribution in [0.3, 0.4) is 0 Å². The van der Waals surface area contributed by atoms with Crippen LogP contribution in [0.15, 0.2) is 116 Å². The minimum Gasteiger partial charge on any atom is -0.535 e. The molecule has 0 aliphatic carbocycles. The van der Waals surface area contributed by atoms with Gasteiger partial charge in [0.05, 0.1) is 33.3 Å². The highest BCUT2D eigenvalue weighted by molar-refractivity contribution is 7.11. The van der Waals surface area contributed by atoms with E-state index in [0.717, 1.165) is 23.4 Å². The number of hydrogen-bond acceptors (Lipinski definition) is 16. The van der Waals surface area contributed by atoms with Gasteiger partial charge in [-0.15, -0.1) is 11.3 Å². The van der Waals surface area contributed by atoms with Crippen LogP contribution in [-0.2, 0) is 19.3 Å². The van der Waals surface area contributed by atoms with Gasteiger partial charge >= 0.3 is 27.3 Å². The summed E-state index contributed by atoms with van der Waals surface area (Å²) in [6, 6.07) is 19.8. The molecule has 3 aromatic carbocycles. The average Bonchev–Trinajstić information content (AvgIpc) is 3.88. The second-order valence-electron chi connectivity index (χ2n) is 16.5. The summed E-state index contributed by atoms with van der Waals surface area (Å²) in [5, 5.41) is 49.3. The Hall–Kier alpha value is -7.32. The Morgan fingerprint density at radius 1 is 0.638 bits per heavy atom. The smallest absolute Gasteiger partial charge is 0.526 e. The lowest BCUT2D eigenvalue weighted by Gasteiger charge is -2.28. The number of para-hydroxylation sites is 3. The Labute approximate surface area is 399 Å². The van der Waals surface area contributed by atoms with Crippen LogP contribution in [0.25, 0.3) is 5.76 Å². The van der Waals surface area contributed by atoms with Gasteiger partial charge in [-0.05, 0) is 79.3 Å². The molecule has 3 aliphatic rings. The third-order valence-electron chi connectivity index (χ3n) is 11.6. The first-order valence-electron chi connectivity index (χ1n) is 21.6. The molecule has 3 aliphatic heterocycles. The SMILES string of the molecule is C=C(O)c1cccc2c1OB(O)[C@@H](CC(=O)c1cccnc1)C2.CC(=O)c1cccc2c1OB(O)[C@@H](CC(=O)c1cncc(F)c1)C2.O=C(C[C@H]1Cc2cccc(C(=O)O)c2OB1O)c1cncs1. The molecule has 6 aromatic rings. The number of pyridine rings is 2. The molecule has 0 spiro atoms. The predicted molar refractivity (Wildman–Crippen MR) is 254 cm³/mol. The van der Waals surface area contributed by atoms with Gasteiger partial charge in [-0.3, -0.25) is 34.1 Å². The second-order valence-corrected chi connectivity index (χ2v) is 17.4. The highest BCUT2D eigenvalue weighted by atomic mass is 32.1. The van der Waals surface area contributed by atoms with Crippen molar-refractivity contribution in [2.75, 3.05) is 0 Å². The largest absolute Gasteiger partial charge is 0.535 e. The van der Waals surface area contributed by atoms with E-state index < -0.39 is 44.8 Å². The molecule has 5 N–H and O–H groups in total. The summed E-state index contributed by atoms with van der Waals surface area (Å²) in [6.45, 7) is 4.93. The number of aromatic nitrogens is 3. The molecule has 0 radical (unpaired) electrons. The first-order chi connectivity index (χ1) is 33.1. The molecule has 0 saturated carbocycles. The Balaban J connectivity index is 0.000000153. The van der Waals surface area contributed by atoms with Crippen LogP contribution in [0.2, 0.25) is 17.5 Å². The van der Waals surface area contributed by atoms with Crippen molar-refractivity contribution >= 4 is 67.6 Å². The van der Waals surface area contributed by atoms with Crippen molar-refractivity contribution in [2.24, 2.45) is 0 Å². The first-order valence-corrected chi connectivity index (χ1v) is 22.5. The molecule has 16 nitrogen and oxygen atoms in total. The number of carbonyl (C=O) groups is 5. The molecule has 3 atom stereocenters. The fourth-order valence-electron chi connectivity index (χ4n) is 8.14. The number of carbonyl (C=O) groups excluding carboxylic acids is 4. The van der Waals surface area contributed by atoms with Crippen molar-refractivity contribution in [3.05, 3.63) is 171 Å². The molecule has 0 fully saturated rings. The van der Waals surface area contributed by atoms with Crippen LogP contribution in [0, 0.1) is 5.82 Å². The van der Waals surface area contributed by atoms with E-state index in [-0.39, 0.29) is 70.8 Å². The monoisotopic (exact) mass is 953 g/mol. The molecular formula is C48H43B3FN3O13S. The fourth-order valence-corrected chi connectivity index (χ4v) is 8.71. The van der Waals surface area contributed by atoms with Crippen LogP contribution >= 0.6 is 11.3 Å². The third-order valence-corrected chi connectivity index (χ3v) is 12.5. The Morgan fingerprint density at radius 3 is 1.61 bits per heavy atom. The fraction of sp³-hybridized carbons (Fsp3) is 0.208. The molecule has 350 valence electrons. The van der Waals surface area contributed by atoms with E-state index in [0.29, 0.717) is 57.9 Å². The molecule has 0 amide bonds. The van der Waals surface area contributed by atoms with Gasteiger partial charge in [0.25, 0.3) is 0 Å². The number of benzene rings is 3. The molecule has 0 bridgehead atoms. The lowest BCUT2D eigenvalue weighted by Crippen LogP contribution is -2.35. The first kappa shape index (κ1) is 49.6. The van der Waals surface area contributed by atoms with E-state index in [2.05, 4.69) is 21.5 Å². The van der Waals surface area contributed by atoms with Crippen molar-refractivity contribution in [2.45, 2.75) is 62.9 Å². The number of rotatable bonds is 12. The van der Waals surface area contributed by atoms with E-state index in [1.165, 1.54) is 42.9 Å². The predicted octanol–water partition coefficient (Wildman–Crippen LogP) is 7.05. The minimum absolute atomic E-state index is 0.00393. The lowest BCUT2D eigenvalue weighted by atomic mass is 9.64. The second kappa shape index (κ2) is 22.2. The molecule has 3 aromatic heterocycles. The number of carboxylic acid groups (broad SMARTS) is 1. The van der Waals surface area contributed by atoms with Crippen LogP contribution in [-0.4, -0.2) is 90.7 Å². The number of ketones is 4. The van der Waals surface area contributed by atoms with Gasteiger partial charge in [0.1, 0.15) is 28.8 Å². The van der Waals surface area contributed by atoms with Crippen LogP contribution in [0.5, 0.6) is 17.2 Å². The maximum Gasteiger partial charge on any atom is 0.526 e. The summed E-state index contributed by atoms with van der Waals surface area (Å²) in [5.74, 6) is -2.72. The maximum absolute atomic E-state index is 13.2. The lowest BCUT2D eigenvalue weighted by molar-refractivity contribution is 0.0692. The number of Topliss-reactive ketones (excluding diaryl/α,β-unsaturated/α-hetero) is 4. The standard InChI is InChI=1S/C17H15BFNO4.C17H16BNO4.C14H12BNO5S/c1-10(21)15-4-2-3-11-5-13(18(23)24-17(11)15)7-16(22)12-6-14(19)9-20-8-12;1-11(20)15-6-2-4-12-8-14(18(22)23-17(12)15)9-16(21)13-5-3-7-19-10-13;17-11(12-6-16-7-22-12)5-9-4-8-2-1-3-10(14(18)19)13(8)21-15(9)20/h2-4,6,8-9,13,23H,5,7H2,1H3;2-7,10,14,20,22H,1,8-9H2;1-3,6-7,9,20H,4-5H2,(H,18,19)/t13-;14-;9-/m111/s1. The van der Waals surface area contributed by atoms with Gasteiger partial charge in [-0.25, -0.2) is 9.18 Å². The summed E-state index contributed by atoms with van der Waals surface area (Å²) >= 11 is 1.25. The number of fused-ring (bicyclic) bond motifs is 3. The van der Waals surface area contributed by atoms with E-state index in [1.807, 2.05) is 6.07 Å². The zero-order valence-electron chi connectivity index (χ0n) is 36.9. The zero-order valence-corrected chi connectivity index (χ0v) is 37.8. The Morgan fingerprint density at radius 2 is 1.13 bits per heavy atom. The highest BCUT2D eigenvalue weighted by Crippen LogP contribution is 2.40. The number of halogens is 1. The van der Waals surface area contributed by atoms with Gasteiger partial charge in [0, 0.05) is 72.6 Å². The maximum atomic E-state index is 13.2. The normalized spacial score (nSPS) is 16.5. The van der Waals surface area contributed by atoms with Crippen LogP contribution in [0.4, 0.5) is 4.39 Å². The molecule has 69 heavy (non-hydrogen) atoms. The number of hydrogen-bond donors (Lipinski definition) is 5. The summed E-state index contributed by atoms with van der Waals surface area (Å²) in [4.78, 5) is 71.5. The van der Waals surface area contributed by atoms with Crippen LogP contribution < -0.4 is 14.0 Å². The Kier molecular flexibility index (Phi) is 16.0. The number of thiazole rings is 1. The van der Waals surface area contributed by atoms with Crippen molar-refractivity contribution in [3.8, 4) is 17.2 Å². The molecule has 6 heterocycles. The third kappa shape index (κ3) is 12.1. The number of aliphatic hydroxyl groups excluding tert-OH is 1. The number of aliphatic hydroxyl groups is 1. The van der Waals surface area contributed by atoms with E-state index in [1.54, 1.807) is 66.3 Å². The number of nitrogens with zero attached hydrogens (tertiary/aromatic N) is 3. The van der Waals surface area contributed by atoms with Gasteiger partial charge in [0.2, 0.25) is 0 Å². The summed E-state index contributed by atoms with van der Waals surface area (Å²) in [5.41, 5.74) is 5.43. The minimum atomic E-state index is -1.21. The van der Waals surface area contributed by atoms with Crippen molar-refractivity contribution in [1.82, 2.24) is 15.0 Å². The summed E-state index contributed by atoms with van der Waals surface area (Å²) < 4.78 is 29.6. The quantitative estimate of drug-likeness (QED) is 0.0468. The summed E-state index contributed by atoms with van der Waals surface area (Å²) in [7, 11) is -3.52. The number of aromatic carboxylic acids is 1.